The molecular weight excluding hydrogens is 133 g/mol. The zero-order valence-electron chi connectivity index (χ0n) is 5.25. The van der Waals surface area contributed by atoms with Crippen LogP contribution in [0.15, 0.2) is 18.2 Å². The molecule has 0 amide bonds. The van der Waals surface area contributed by atoms with E-state index in [9.17, 15) is 9.18 Å². The quantitative estimate of drug-likeness (QED) is 0.451. The minimum absolute atomic E-state index is 0.178. The van der Waals surface area contributed by atoms with Crippen molar-refractivity contribution >= 4 is 6.29 Å². The van der Waals surface area contributed by atoms with Gasteiger partial charge in [0.2, 0.25) is 5.95 Å². The number of carbonyl (C=O) groups is 1. The van der Waals surface area contributed by atoms with Crippen molar-refractivity contribution in [2.75, 3.05) is 0 Å². The molecule has 1 aromatic heterocycles. The third kappa shape index (κ3) is 1.62. The smallest absolute Gasteiger partial charge is 0.213 e. The first-order valence-electron chi connectivity index (χ1n) is 2.88. The third-order valence-corrected chi connectivity index (χ3v) is 1.07. The van der Waals surface area contributed by atoms with E-state index in [2.05, 4.69) is 4.98 Å². The Hall–Kier alpha value is -1.25. The molecule has 0 radical (unpaired) electrons. The van der Waals surface area contributed by atoms with Crippen molar-refractivity contribution < 1.29 is 9.18 Å². The summed E-state index contributed by atoms with van der Waals surface area (Å²) in [6, 6.07) is 4.38. The average Bonchev–Trinajstić information content (AvgIpc) is 1.88. The summed E-state index contributed by atoms with van der Waals surface area (Å²) in [5.74, 6) is -0.542. The first kappa shape index (κ1) is 6.86. The zero-order valence-corrected chi connectivity index (χ0v) is 5.25. The normalized spacial score (nSPS) is 9.30. The topological polar surface area (TPSA) is 30.0 Å². The highest BCUT2D eigenvalue weighted by Crippen LogP contribution is 1.96. The van der Waals surface area contributed by atoms with Crippen molar-refractivity contribution in [2.24, 2.45) is 0 Å². The van der Waals surface area contributed by atoms with E-state index in [0.29, 0.717) is 12.0 Å². The average molecular weight is 139 g/mol. The number of aldehydes is 1. The summed E-state index contributed by atoms with van der Waals surface area (Å²) in [6.07, 6.45) is 0.875. The monoisotopic (exact) mass is 139 g/mol. The van der Waals surface area contributed by atoms with Crippen LogP contribution in [0.4, 0.5) is 4.39 Å². The summed E-state index contributed by atoms with van der Waals surface area (Å²) in [5.41, 5.74) is 0.468. The molecule has 0 aliphatic heterocycles. The summed E-state index contributed by atoms with van der Waals surface area (Å²) in [5, 5.41) is 0. The number of aromatic nitrogens is 1. The lowest BCUT2D eigenvalue weighted by atomic mass is 10.3. The standard InChI is InChI=1S/C7H6FNO/c8-7-3-1-2-6(9-7)4-5-10/h1-3,5H,4H2. The number of hydrogen-bond acceptors (Lipinski definition) is 2. The number of carbonyl (C=O) groups excluding carboxylic acids is 1. The summed E-state index contributed by atoms with van der Waals surface area (Å²) in [7, 11) is 0. The molecule has 1 aromatic rings. The van der Waals surface area contributed by atoms with Crippen LogP contribution in [0.5, 0.6) is 0 Å². The molecule has 1 heterocycles. The van der Waals surface area contributed by atoms with Crippen LogP contribution in [-0.4, -0.2) is 11.3 Å². The molecule has 0 saturated carbocycles. The van der Waals surface area contributed by atoms with E-state index in [0.717, 1.165) is 0 Å². The Bertz CT molecular complexity index is 237. The Morgan fingerprint density at radius 1 is 1.60 bits per heavy atom. The molecule has 0 bridgehead atoms. The number of halogens is 1. The van der Waals surface area contributed by atoms with E-state index in [-0.39, 0.29) is 6.42 Å². The predicted molar refractivity (Wildman–Crippen MR) is 34.0 cm³/mol. The number of nitrogens with zero attached hydrogens (tertiary/aromatic N) is 1. The third-order valence-electron chi connectivity index (χ3n) is 1.07. The summed E-state index contributed by atoms with van der Waals surface area (Å²) in [4.78, 5) is 13.4. The van der Waals surface area contributed by atoms with Gasteiger partial charge in [-0.1, -0.05) is 6.07 Å². The SMILES string of the molecule is O=CCc1cccc(F)n1. The van der Waals surface area contributed by atoms with Crippen LogP contribution in [0.3, 0.4) is 0 Å². The molecule has 3 heteroatoms. The van der Waals surface area contributed by atoms with Gasteiger partial charge < -0.3 is 4.79 Å². The Morgan fingerprint density at radius 2 is 2.40 bits per heavy atom. The lowest BCUT2D eigenvalue weighted by molar-refractivity contribution is -0.107. The Labute approximate surface area is 57.7 Å². The van der Waals surface area contributed by atoms with Crippen LogP contribution in [0.1, 0.15) is 5.69 Å². The first-order valence-corrected chi connectivity index (χ1v) is 2.88. The number of rotatable bonds is 2. The van der Waals surface area contributed by atoms with Crippen molar-refractivity contribution in [3.8, 4) is 0 Å². The second-order valence-electron chi connectivity index (χ2n) is 1.82. The largest absolute Gasteiger partial charge is 0.303 e. The Kier molecular flexibility index (Phi) is 2.10. The molecule has 1 rings (SSSR count). The maximum absolute atomic E-state index is 12.3. The fourth-order valence-corrected chi connectivity index (χ4v) is 0.649. The van der Waals surface area contributed by atoms with Crippen LogP contribution in [0.2, 0.25) is 0 Å². The highest BCUT2D eigenvalue weighted by atomic mass is 19.1. The second-order valence-corrected chi connectivity index (χ2v) is 1.82. The molecule has 2 nitrogen and oxygen atoms in total. The first-order chi connectivity index (χ1) is 4.83. The maximum atomic E-state index is 12.3. The van der Waals surface area contributed by atoms with Gasteiger partial charge in [0.25, 0.3) is 0 Å². The van der Waals surface area contributed by atoms with Gasteiger partial charge in [0.05, 0.1) is 5.69 Å². The molecule has 0 saturated heterocycles. The van der Waals surface area contributed by atoms with Gasteiger partial charge in [-0.3, -0.25) is 0 Å². The van der Waals surface area contributed by atoms with Gasteiger partial charge in [0, 0.05) is 6.42 Å². The van der Waals surface area contributed by atoms with E-state index >= 15 is 0 Å². The summed E-state index contributed by atoms with van der Waals surface area (Å²) in [6.45, 7) is 0. The van der Waals surface area contributed by atoms with E-state index < -0.39 is 5.95 Å². The minimum Gasteiger partial charge on any atom is -0.303 e. The van der Waals surface area contributed by atoms with Gasteiger partial charge >= 0.3 is 0 Å². The van der Waals surface area contributed by atoms with E-state index in [4.69, 9.17) is 0 Å². The fourth-order valence-electron chi connectivity index (χ4n) is 0.649. The summed E-state index contributed by atoms with van der Waals surface area (Å²) >= 11 is 0. The zero-order chi connectivity index (χ0) is 7.40. The van der Waals surface area contributed by atoms with Crippen molar-refractivity contribution in [1.29, 1.82) is 0 Å². The van der Waals surface area contributed by atoms with Crippen molar-refractivity contribution in [3.63, 3.8) is 0 Å². The van der Waals surface area contributed by atoms with E-state index in [1.54, 1.807) is 6.07 Å². The van der Waals surface area contributed by atoms with Crippen molar-refractivity contribution in [3.05, 3.63) is 29.8 Å². The highest BCUT2D eigenvalue weighted by molar-refractivity contribution is 5.53. The van der Waals surface area contributed by atoms with E-state index in [1.807, 2.05) is 0 Å². The van der Waals surface area contributed by atoms with Crippen molar-refractivity contribution in [1.82, 2.24) is 4.98 Å². The molecule has 0 fully saturated rings. The van der Waals surface area contributed by atoms with Gasteiger partial charge in [-0.15, -0.1) is 0 Å². The molecule has 0 aliphatic rings. The molecular formula is C7H6FNO. The van der Waals surface area contributed by atoms with Gasteiger partial charge in [-0.05, 0) is 12.1 Å². The van der Waals surface area contributed by atoms with Gasteiger partial charge in [-0.25, -0.2) is 4.98 Å². The number of hydrogen-bond donors (Lipinski definition) is 0. The highest BCUT2D eigenvalue weighted by Gasteiger charge is 1.93. The molecule has 0 unspecified atom stereocenters. The second kappa shape index (κ2) is 3.06. The van der Waals surface area contributed by atoms with Crippen molar-refractivity contribution in [2.45, 2.75) is 6.42 Å². The predicted octanol–water partition coefficient (Wildman–Crippen LogP) is 0.962. The molecule has 0 atom stereocenters. The number of pyridine rings is 1. The molecule has 10 heavy (non-hydrogen) atoms. The van der Waals surface area contributed by atoms with Crippen LogP contribution in [-0.2, 0) is 11.2 Å². The molecule has 0 aromatic carbocycles. The van der Waals surface area contributed by atoms with Crippen LogP contribution in [0, 0.1) is 5.95 Å². The van der Waals surface area contributed by atoms with Gasteiger partial charge in [0.1, 0.15) is 6.29 Å². The molecule has 0 N–H and O–H groups in total. The molecule has 0 spiro atoms. The van der Waals surface area contributed by atoms with Crippen LogP contribution >= 0.6 is 0 Å². The lowest BCUT2D eigenvalue weighted by Crippen LogP contribution is -1.92. The van der Waals surface area contributed by atoms with Crippen LogP contribution < -0.4 is 0 Å². The fraction of sp³-hybridized carbons (Fsp3) is 0.143. The molecule has 52 valence electrons. The Morgan fingerprint density at radius 3 is 3.00 bits per heavy atom. The lowest BCUT2D eigenvalue weighted by Gasteiger charge is -1.91. The molecule has 0 aliphatic carbocycles. The Balaban J connectivity index is 2.84. The minimum atomic E-state index is -0.542. The van der Waals surface area contributed by atoms with Gasteiger partial charge in [-0.2, -0.15) is 4.39 Å². The van der Waals surface area contributed by atoms with Gasteiger partial charge in [0.15, 0.2) is 0 Å². The van der Waals surface area contributed by atoms with Crippen LogP contribution in [0.25, 0.3) is 0 Å². The summed E-state index contributed by atoms with van der Waals surface area (Å²) < 4.78 is 12.3. The van der Waals surface area contributed by atoms with E-state index in [1.165, 1.54) is 12.1 Å². The maximum Gasteiger partial charge on any atom is 0.213 e.